The summed E-state index contributed by atoms with van der Waals surface area (Å²) in [4.78, 5) is 16.2. The van der Waals surface area contributed by atoms with E-state index in [1.54, 1.807) is 19.2 Å². The van der Waals surface area contributed by atoms with Gasteiger partial charge in [-0.15, -0.1) is 24.0 Å². The van der Waals surface area contributed by atoms with Gasteiger partial charge in [0.1, 0.15) is 0 Å². The molecule has 0 unspecified atom stereocenters. The van der Waals surface area contributed by atoms with Gasteiger partial charge in [0, 0.05) is 25.8 Å². The average molecular weight is 456 g/mol. The molecule has 136 valence electrons. The Bertz CT molecular complexity index is 671. The predicted octanol–water partition coefficient (Wildman–Crippen LogP) is 3.62. The fourth-order valence-electron chi connectivity index (χ4n) is 2.15. The summed E-state index contributed by atoms with van der Waals surface area (Å²) in [5, 5.41) is 9.34. The number of hydrogen-bond acceptors (Lipinski definition) is 3. The molecule has 6 nitrogen and oxygen atoms in total. The Labute approximate surface area is 165 Å². The number of guanidine groups is 1. The largest absolute Gasteiger partial charge is 0.459 e. The number of benzene rings is 1. The molecule has 0 atom stereocenters. The molecule has 0 fully saturated rings. The van der Waals surface area contributed by atoms with Crippen LogP contribution in [0.25, 0.3) is 0 Å². The molecule has 2 rings (SSSR count). The van der Waals surface area contributed by atoms with Gasteiger partial charge < -0.3 is 20.4 Å². The molecule has 1 amide bonds. The van der Waals surface area contributed by atoms with Crippen LogP contribution in [0.15, 0.2) is 52.1 Å². The van der Waals surface area contributed by atoms with Gasteiger partial charge in [0.2, 0.25) is 0 Å². The number of nitrogens with zero attached hydrogens (tertiary/aromatic N) is 1. The minimum atomic E-state index is -0.262. The standard InChI is InChI=1S/C18H24N4O2.HI/c1-3-4-10-20-18(19-2)21-13-14-7-5-8-15(12-14)22-17(23)16-9-6-11-24-16;/h5-9,11-12H,3-4,10,13H2,1-2H3,(H,22,23)(H2,19,20,21);1H. The molecule has 1 aromatic carbocycles. The number of unbranched alkanes of at least 4 members (excludes halogenated alkanes) is 1. The third-order valence-electron chi connectivity index (χ3n) is 3.44. The second kappa shape index (κ2) is 11.5. The Hall–Kier alpha value is -2.03. The monoisotopic (exact) mass is 456 g/mol. The van der Waals surface area contributed by atoms with E-state index in [0.29, 0.717) is 12.3 Å². The van der Waals surface area contributed by atoms with E-state index >= 15 is 0 Å². The topological polar surface area (TPSA) is 78.7 Å². The highest BCUT2D eigenvalue weighted by Crippen LogP contribution is 2.12. The lowest BCUT2D eigenvalue weighted by Gasteiger charge is -2.12. The van der Waals surface area contributed by atoms with Crippen molar-refractivity contribution in [1.82, 2.24) is 10.6 Å². The van der Waals surface area contributed by atoms with Gasteiger partial charge in [-0.2, -0.15) is 0 Å². The van der Waals surface area contributed by atoms with Crippen LogP contribution in [0.5, 0.6) is 0 Å². The van der Waals surface area contributed by atoms with Crippen LogP contribution in [0.3, 0.4) is 0 Å². The number of anilines is 1. The minimum absolute atomic E-state index is 0. The first kappa shape index (κ1) is 21.0. The SMILES string of the molecule is CCCCNC(=NC)NCc1cccc(NC(=O)c2ccco2)c1.I. The van der Waals surface area contributed by atoms with Crippen molar-refractivity contribution in [3.05, 3.63) is 54.0 Å². The van der Waals surface area contributed by atoms with Gasteiger partial charge in [0.05, 0.1) is 6.26 Å². The van der Waals surface area contributed by atoms with Gasteiger partial charge in [-0.1, -0.05) is 25.5 Å². The molecule has 1 aromatic heterocycles. The quantitative estimate of drug-likeness (QED) is 0.258. The number of aliphatic imine (C=N–C) groups is 1. The molecule has 0 aliphatic carbocycles. The highest BCUT2D eigenvalue weighted by atomic mass is 127. The van der Waals surface area contributed by atoms with Crippen molar-refractivity contribution in [2.75, 3.05) is 18.9 Å². The van der Waals surface area contributed by atoms with Crippen molar-refractivity contribution in [3.63, 3.8) is 0 Å². The Morgan fingerprint density at radius 1 is 1.20 bits per heavy atom. The van der Waals surface area contributed by atoms with Crippen LogP contribution in [0.2, 0.25) is 0 Å². The molecule has 3 N–H and O–H groups in total. The number of nitrogens with one attached hydrogen (secondary N) is 3. The first-order valence-electron chi connectivity index (χ1n) is 8.11. The smallest absolute Gasteiger partial charge is 0.291 e. The van der Waals surface area contributed by atoms with Crippen molar-refractivity contribution in [2.24, 2.45) is 4.99 Å². The fraction of sp³-hybridized carbons (Fsp3) is 0.333. The number of hydrogen-bond donors (Lipinski definition) is 3. The number of carbonyl (C=O) groups excluding carboxylic acids is 1. The minimum Gasteiger partial charge on any atom is -0.459 e. The summed E-state index contributed by atoms with van der Waals surface area (Å²) in [6.45, 7) is 3.67. The van der Waals surface area contributed by atoms with Gasteiger partial charge in [-0.05, 0) is 36.2 Å². The second-order valence-electron chi connectivity index (χ2n) is 5.34. The Morgan fingerprint density at radius 2 is 2.04 bits per heavy atom. The Kier molecular flexibility index (Phi) is 9.68. The van der Waals surface area contributed by atoms with Gasteiger partial charge in [0.15, 0.2) is 11.7 Å². The molecule has 0 aliphatic heterocycles. The lowest BCUT2D eigenvalue weighted by Crippen LogP contribution is -2.37. The van der Waals surface area contributed by atoms with Crippen molar-refractivity contribution in [1.29, 1.82) is 0 Å². The predicted molar refractivity (Wildman–Crippen MR) is 112 cm³/mol. The summed E-state index contributed by atoms with van der Waals surface area (Å²) in [5.41, 5.74) is 1.77. The summed E-state index contributed by atoms with van der Waals surface area (Å²) >= 11 is 0. The van der Waals surface area contributed by atoms with Crippen molar-refractivity contribution >= 4 is 41.5 Å². The molecule has 0 spiro atoms. The normalized spacial score (nSPS) is 10.7. The van der Waals surface area contributed by atoms with Crippen LogP contribution in [-0.4, -0.2) is 25.5 Å². The molecule has 0 bridgehead atoms. The Morgan fingerprint density at radius 3 is 2.72 bits per heavy atom. The summed E-state index contributed by atoms with van der Waals surface area (Å²) in [6.07, 6.45) is 3.73. The molecular weight excluding hydrogens is 431 g/mol. The van der Waals surface area contributed by atoms with E-state index in [9.17, 15) is 4.79 Å². The van der Waals surface area contributed by atoms with E-state index < -0.39 is 0 Å². The average Bonchev–Trinajstić information content (AvgIpc) is 3.13. The van der Waals surface area contributed by atoms with E-state index in [4.69, 9.17) is 4.42 Å². The van der Waals surface area contributed by atoms with E-state index in [0.717, 1.165) is 36.6 Å². The van der Waals surface area contributed by atoms with Crippen molar-refractivity contribution < 1.29 is 9.21 Å². The molecule has 2 aromatic rings. The zero-order chi connectivity index (χ0) is 17.2. The summed E-state index contributed by atoms with van der Waals surface area (Å²) in [7, 11) is 1.75. The van der Waals surface area contributed by atoms with Gasteiger partial charge in [-0.25, -0.2) is 0 Å². The van der Waals surface area contributed by atoms with Crippen LogP contribution in [-0.2, 0) is 6.54 Å². The number of furan rings is 1. The highest BCUT2D eigenvalue weighted by molar-refractivity contribution is 14.0. The second-order valence-corrected chi connectivity index (χ2v) is 5.34. The first-order chi connectivity index (χ1) is 11.7. The lowest BCUT2D eigenvalue weighted by molar-refractivity contribution is 0.0996. The van der Waals surface area contributed by atoms with Crippen LogP contribution < -0.4 is 16.0 Å². The van der Waals surface area contributed by atoms with Crippen LogP contribution in [0.1, 0.15) is 35.9 Å². The zero-order valence-electron chi connectivity index (χ0n) is 14.5. The summed E-state index contributed by atoms with van der Waals surface area (Å²) < 4.78 is 5.09. The third-order valence-corrected chi connectivity index (χ3v) is 3.44. The molecular formula is C18H25IN4O2. The molecule has 25 heavy (non-hydrogen) atoms. The highest BCUT2D eigenvalue weighted by Gasteiger charge is 2.08. The van der Waals surface area contributed by atoms with Gasteiger partial charge in [-0.3, -0.25) is 9.79 Å². The molecule has 1 heterocycles. The maximum Gasteiger partial charge on any atom is 0.291 e. The first-order valence-corrected chi connectivity index (χ1v) is 8.11. The molecule has 7 heteroatoms. The molecule has 0 aliphatic rings. The lowest BCUT2D eigenvalue weighted by atomic mass is 10.2. The maximum absolute atomic E-state index is 12.0. The van der Waals surface area contributed by atoms with Crippen LogP contribution >= 0.6 is 24.0 Å². The molecule has 0 saturated heterocycles. The van der Waals surface area contributed by atoms with Crippen LogP contribution in [0, 0.1) is 0 Å². The van der Waals surface area contributed by atoms with E-state index in [1.807, 2.05) is 24.3 Å². The Balaban J connectivity index is 0.00000312. The van der Waals surface area contributed by atoms with Gasteiger partial charge in [0.25, 0.3) is 5.91 Å². The molecule has 0 radical (unpaired) electrons. The number of carbonyl (C=O) groups is 1. The number of rotatable bonds is 7. The number of amides is 1. The van der Waals surface area contributed by atoms with Crippen LogP contribution in [0.4, 0.5) is 5.69 Å². The van der Waals surface area contributed by atoms with Gasteiger partial charge >= 0.3 is 0 Å². The summed E-state index contributed by atoms with van der Waals surface area (Å²) in [5.74, 6) is 0.801. The van der Waals surface area contributed by atoms with E-state index in [1.165, 1.54) is 6.26 Å². The zero-order valence-corrected chi connectivity index (χ0v) is 16.9. The fourth-order valence-corrected chi connectivity index (χ4v) is 2.15. The third kappa shape index (κ3) is 7.16. The van der Waals surface area contributed by atoms with Crippen molar-refractivity contribution in [2.45, 2.75) is 26.3 Å². The van der Waals surface area contributed by atoms with E-state index in [2.05, 4.69) is 27.9 Å². The van der Waals surface area contributed by atoms with Crippen molar-refractivity contribution in [3.8, 4) is 0 Å². The summed E-state index contributed by atoms with van der Waals surface area (Å²) in [6, 6.07) is 11.0. The maximum atomic E-state index is 12.0. The molecule has 0 saturated carbocycles. The van der Waals surface area contributed by atoms with E-state index in [-0.39, 0.29) is 29.9 Å². The number of halogens is 1.